The molecule has 2 aliphatic rings. The minimum atomic E-state index is -0.612. The first-order valence-electron chi connectivity index (χ1n) is 8.24. The number of hydrogen-bond acceptors (Lipinski definition) is 3. The van der Waals surface area contributed by atoms with E-state index in [4.69, 9.17) is 4.74 Å². The Morgan fingerprint density at radius 2 is 1.92 bits per heavy atom. The third kappa shape index (κ3) is 2.58. The molecule has 0 amide bonds. The molecule has 0 radical (unpaired) electrons. The Kier molecular flexibility index (Phi) is 3.98. The lowest BCUT2D eigenvalue weighted by molar-refractivity contribution is -0.110. The Labute approximate surface area is 139 Å². The second-order valence-electron chi connectivity index (χ2n) is 6.49. The van der Waals surface area contributed by atoms with Crippen LogP contribution >= 0.6 is 0 Å². The molecule has 1 saturated heterocycles. The SMILES string of the molecule is OC[C@@H]1CCC2C(c3ccccc3)Nc3c(F)cc(F)cc3C2O1. The fourth-order valence-electron chi connectivity index (χ4n) is 3.91. The molecule has 0 bridgehead atoms. The summed E-state index contributed by atoms with van der Waals surface area (Å²) in [4.78, 5) is 0. The average Bonchev–Trinajstić information content (AvgIpc) is 2.61. The van der Waals surface area contributed by atoms with Crippen molar-refractivity contribution >= 4 is 5.69 Å². The molecular formula is C19H19F2NO2. The average molecular weight is 331 g/mol. The number of nitrogens with one attached hydrogen (secondary N) is 1. The van der Waals surface area contributed by atoms with Crippen LogP contribution in [0, 0.1) is 17.6 Å². The summed E-state index contributed by atoms with van der Waals surface area (Å²) in [6.45, 7) is -0.0835. The normalized spacial score (nSPS) is 28.6. The van der Waals surface area contributed by atoms with Crippen LogP contribution < -0.4 is 5.32 Å². The summed E-state index contributed by atoms with van der Waals surface area (Å²) in [5.41, 5.74) is 1.85. The third-order valence-corrected chi connectivity index (χ3v) is 5.03. The van der Waals surface area contributed by atoms with Gasteiger partial charge in [-0.2, -0.15) is 0 Å². The molecule has 0 spiro atoms. The van der Waals surface area contributed by atoms with Crippen LogP contribution in [0.5, 0.6) is 0 Å². The van der Waals surface area contributed by atoms with E-state index in [-0.39, 0.29) is 24.7 Å². The van der Waals surface area contributed by atoms with Crippen LogP contribution in [0.15, 0.2) is 42.5 Å². The predicted octanol–water partition coefficient (Wildman–Crippen LogP) is 3.96. The van der Waals surface area contributed by atoms with Crippen LogP contribution in [0.1, 0.15) is 36.1 Å². The summed E-state index contributed by atoms with van der Waals surface area (Å²) in [7, 11) is 0. The molecule has 2 aromatic carbocycles. The summed E-state index contributed by atoms with van der Waals surface area (Å²) in [6, 6.07) is 11.9. The van der Waals surface area contributed by atoms with E-state index < -0.39 is 17.7 Å². The van der Waals surface area contributed by atoms with E-state index >= 15 is 0 Å². The Morgan fingerprint density at radius 1 is 1.12 bits per heavy atom. The van der Waals surface area contributed by atoms with E-state index in [0.29, 0.717) is 11.3 Å². The van der Waals surface area contributed by atoms with Gasteiger partial charge in [0.05, 0.1) is 30.5 Å². The van der Waals surface area contributed by atoms with Crippen molar-refractivity contribution in [1.82, 2.24) is 0 Å². The van der Waals surface area contributed by atoms with E-state index in [9.17, 15) is 13.9 Å². The van der Waals surface area contributed by atoms with Crippen LogP contribution in [0.3, 0.4) is 0 Å². The van der Waals surface area contributed by atoms with Gasteiger partial charge < -0.3 is 15.2 Å². The Balaban J connectivity index is 1.80. The minimum absolute atomic E-state index is 0.0592. The van der Waals surface area contributed by atoms with E-state index in [1.165, 1.54) is 6.07 Å². The van der Waals surface area contributed by atoms with Crippen molar-refractivity contribution < 1.29 is 18.6 Å². The van der Waals surface area contributed by atoms with Crippen molar-refractivity contribution in [1.29, 1.82) is 0 Å². The predicted molar refractivity (Wildman–Crippen MR) is 86.6 cm³/mol. The van der Waals surface area contributed by atoms with Gasteiger partial charge in [-0.1, -0.05) is 30.3 Å². The topological polar surface area (TPSA) is 41.5 Å². The zero-order chi connectivity index (χ0) is 16.7. The highest BCUT2D eigenvalue weighted by Gasteiger charge is 2.43. The number of anilines is 1. The Morgan fingerprint density at radius 3 is 2.67 bits per heavy atom. The molecule has 3 nitrogen and oxygen atoms in total. The maximum Gasteiger partial charge on any atom is 0.149 e. The molecule has 4 atom stereocenters. The van der Waals surface area contributed by atoms with Gasteiger partial charge in [-0.25, -0.2) is 8.78 Å². The van der Waals surface area contributed by atoms with Gasteiger partial charge in [-0.15, -0.1) is 0 Å². The van der Waals surface area contributed by atoms with Gasteiger partial charge in [0, 0.05) is 17.5 Å². The number of hydrogen-bond donors (Lipinski definition) is 2. The Hall–Kier alpha value is -1.98. The van der Waals surface area contributed by atoms with Gasteiger partial charge in [0.1, 0.15) is 11.6 Å². The molecule has 1 fully saturated rings. The molecule has 24 heavy (non-hydrogen) atoms. The van der Waals surface area contributed by atoms with Crippen molar-refractivity contribution in [2.45, 2.75) is 31.1 Å². The molecule has 2 N–H and O–H groups in total. The number of benzene rings is 2. The molecule has 0 aromatic heterocycles. The maximum absolute atomic E-state index is 14.4. The molecule has 3 unspecified atom stereocenters. The number of aliphatic hydroxyl groups is 1. The highest BCUT2D eigenvalue weighted by Crippen LogP contribution is 2.50. The molecule has 0 aliphatic carbocycles. The zero-order valence-electron chi connectivity index (χ0n) is 13.1. The third-order valence-electron chi connectivity index (χ3n) is 5.03. The van der Waals surface area contributed by atoms with E-state index in [1.807, 2.05) is 30.3 Å². The summed E-state index contributed by atoms with van der Waals surface area (Å²) < 4.78 is 34.1. The number of fused-ring (bicyclic) bond motifs is 3. The lowest BCUT2D eigenvalue weighted by atomic mass is 9.76. The van der Waals surface area contributed by atoms with Crippen molar-refractivity contribution in [2.75, 3.05) is 11.9 Å². The Bertz CT molecular complexity index is 738. The lowest BCUT2D eigenvalue weighted by Crippen LogP contribution is -2.40. The molecule has 2 aliphatic heterocycles. The number of rotatable bonds is 2. The van der Waals surface area contributed by atoms with E-state index in [1.54, 1.807) is 0 Å². The van der Waals surface area contributed by atoms with Gasteiger partial charge in [0.2, 0.25) is 0 Å². The van der Waals surface area contributed by atoms with Crippen LogP contribution in [-0.2, 0) is 4.74 Å². The van der Waals surface area contributed by atoms with Gasteiger partial charge in [-0.05, 0) is 24.5 Å². The second-order valence-corrected chi connectivity index (χ2v) is 6.49. The van der Waals surface area contributed by atoms with Crippen LogP contribution in [0.4, 0.5) is 14.5 Å². The first-order chi connectivity index (χ1) is 11.7. The molecule has 4 rings (SSSR count). The largest absolute Gasteiger partial charge is 0.394 e. The second kappa shape index (κ2) is 6.15. The van der Waals surface area contributed by atoms with Crippen LogP contribution in [0.2, 0.25) is 0 Å². The first-order valence-corrected chi connectivity index (χ1v) is 8.24. The zero-order valence-corrected chi connectivity index (χ0v) is 13.1. The summed E-state index contributed by atoms with van der Waals surface area (Å²) >= 11 is 0. The smallest absolute Gasteiger partial charge is 0.149 e. The first kappa shape index (κ1) is 15.5. The van der Waals surface area contributed by atoms with Crippen LogP contribution in [0.25, 0.3) is 0 Å². The molecule has 5 heteroatoms. The van der Waals surface area contributed by atoms with E-state index in [0.717, 1.165) is 24.5 Å². The highest BCUT2D eigenvalue weighted by atomic mass is 19.1. The maximum atomic E-state index is 14.4. The van der Waals surface area contributed by atoms with Gasteiger partial charge >= 0.3 is 0 Å². The van der Waals surface area contributed by atoms with Crippen molar-refractivity contribution in [3.05, 3.63) is 65.2 Å². The van der Waals surface area contributed by atoms with Gasteiger partial charge in [-0.3, -0.25) is 0 Å². The van der Waals surface area contributed by atoms with Gasteiger partial charge in [0.25, 0.3) is 0 Å². The quantitative estimate of drug-likeness (QED) is 0.875. The van der Waals surface area contributed by atoms with Gasteiger partial charge in [0.15, 0.2) is 0 Å². The highest BCUT2D eigenvalue weighted by molar-refractivity contribution is 5.58. The number of aliphatic hydroxyl groups excluding tert-OH is 1. The summed E-state index contributed by atoms with van der Waals surface area (Å²) in [5, 5.41) is 12.7. The molecule has 126 valence electrons. The van der Waals surface area contributed by atoms with Crippen molar-refractivity contribution in [2.24, 2.45) is 5.92 Å². The molecule has 2 heterocycles. The van der Waals surface area contributed by atoms with Crippen LogP contribution in [-0.4, -0.2) is 17.8 Å². The standard InChI is InChI=1S/C19H19F2NO2/c20-12-8-15-18(16(21)9-12)22-17(11-4-2-1-3-5-11)14-7-6-13(10-23)24-19(14)15/h1-5,8-9,13-14,17,19,22-23H,6-7,10H2/t13-,14?,17?,19?/m0/s1. The summed E-state index contributed by atoms with van der Waals surface area (Å²) in [5.74, 6) is -1.16. The fourth-order valence-corrected chi connectivity index (χ4v) is 3.91. The lowest BCUT2D eigenvalue weighted by Gasteiger charge is -2.45. The number of ether oxygens (including phenoxy) is 1. The summed E-state index contributed by atoms with van der Waals surface area (Å²) in [6.07, 6.45) is 0.832. The monoisotopic (exact) mass is 331 g/mol. The van der Waals surface area contributed by atoms with Crippen molar-refractivity contribution in [3.8, 4) is 0 Å². The number of halogens is 2. The minimum Gasteiger partial charge on any atom is -0.394 e. The molecular weight excluding hydrogens is 312 g/mol. The van der Waals surface area contributed by atoms with Crippen molar-refractivity contribution in [3.63, 3.8) is 0 Å². The van der Waals surface area contributed by atoms with E-state index in [2.05, 4.69) is 5.32 Å². The fraction of sp³-hybridized carbons (Fsp3) is 0.368. The molecule has 2 aromatic rings. The molecule has 0 saturated carbocycles.